The maximum Gasteiger partial charge on any atom is 0.0767 e. The van der Waals surface area contributed by atoms with Crippen LogP contribution in [0.2, 0.25) is 0 Å². The van der Waals surface area contributed by atoms with Gasteiger partial charge in [0.2, 0.25) is 0 Å². The quantitative estimate of drug-likeness (QED) is 0.797. The zero-order valence-corrected chi connectivity index (χ0v) is 13.1. The second kappa shape index (κ2) is 7.66. The van der Waals surface area contributed by atoms with Crippen molar-refractivity contribution in [1.29, 1.82) is 0 Å². The molecule has 2 atom stereocenters. The smallest absolute Gasteiger partial charge is 0.0767 e. The fourth-order valence-corrected chi connectivity index (χ4v) is 2.19. The lowest BCUT2D eigenvalue weighted by Crippen LogP contribution is -2.32. The molecule has 0 heterocycles. The number of nitrogens with one attached hydrogen (secondary N) is 1. The molecule has 0 radical (unpaired) electrons. The lowest BCUT2D eigenvalue weighted by Gasteiger charge is -2.28. The summed E-state index contributed by atoms with van der Waals surface area (Å²) in [7, 11) is 2.01. The van der Waals surface area contributed by atoms with Gasteiger partial charge in [0.15, 0.2) is 0 Å². The Labute approximate surface area is 118 Å². The zero-order chi connectivity index (χ0) is 14.3. The van der Waals surface area contributed by atoms with Crippen LogP contribution in [0.1, 0.15) is 52.1 Å². The van der Waals surface area contributed by atoms with Gasteiger partial charge >= 0.3 is 0 Å². The Kier molecular flexibility index (Phi) is 6.53. The van der Waals surface area contributed by atoms with Crippen LogP contribution in [0.5, 0.6) is 0 Å². The molecule has 2 nitrogen and oxygen atoms in total. The average molecular weight is 263 g/mol. The predicted molar refractivity (Wildman–Crippen MR) is 82.3 cm³/mol. The van der Waals surface area contributed by atoms with Gasteiger partial charge in [0.05, 0.1) is 12.1 Å². The minimum absolute atomic E-state index is 0.231. The van der Waals surface area contributed by atoms with Crippen molar-refractivity contribution in [2.45, 2.75) is 52.7 Å². The van der Waals surface area contributed by atoms with Crippen molar-refractivity contribution in [3.63, 3.8) is 0 Å². The molecule has 108 valence electrons. The number of hydrogen-bond acceptors (Lipinski definition) is 2. The summed E-state index contributed by atoms with van der Waals surface area (Å²) in [5, 5.41) is 3.39. The molecule has 1 aromatic rings. The first kappa shape index (κ1) is 16.2. The Hall–Kier alpha value is -0.860. The van der Waals surface area contributed by atoms with Crippen molar-refractivity contribution in [3.8, 4) is 0 Å². The topological polar surface area (TPSA) is 21.3 Å². The minimum atomic E-state index is 0.231. The molecule has 1 aromatic carbocycles. The number of benzene rings is 1. The predicted octanol–water partition coefficient (Wildman–Crippen LogP) is 4.18. The third-order valence-corrected chi connectivity index (χ3v) is 3.43. The van der Waals surface area contributed by atoms with E-state index in [-0.39, 0.29) is 12.1 Å². The maximum absolute atomic E-state index is 6.11. The molecule has 0 fully saturated rings. The SMILES string of the molecule is CCC(OCCC(C)(C)C)C(NC)c1ccccc1. The Balaban J connectivity index is 2.61. The van der Waals surface area contributed by atoms with Gasteiger partial charge in [0.1, 0.15) is 0 Å². The van der Waals surface area contributed by atoms with Crippen LogP contribution >= 0.6 is 0 Å². The van der Waals surface area contributed by atoms with Gasteiger partial charge in [-0.1, -0.05) is 58.0 Å². The van der Waals surface area contributed by atoms with Crippen LogP contribution in [-0.2, 0) is 4.74 Å². The standard InChI is InChI=1S/C17H29NO/c1-6-15(19-13-12-17(2,3)4)16(18-5)14-10-8-7-9-11-14/h7-11,15-16,18H,6,12-13H2,1-5H3. The van der Waals surface area contributed by atoms with Gasteiger partial charge in [-0.05, 0) is 30.9 Å². The second-order valence-corrected chi connectivity index (χ2v) is 6.31. The number of ether oxygens (including phenoxy) is 1. The molecule has 1 rings (SSSR count). The molecule has 19 heavy (non-hydrogen) atoms. The van der Waals surface area contributed by atoms with E-state index in [0.29, 0.717) is 5.41 Å². The van der Waals surface area contributed by atoms with Crippen LogP contribution < -0.4 is 5.32 Å². The molecular weight excluding hydrogens is 234 g/mol. The third-order valence-electron chi connectivity index (χ3n) is 3.43. The summed E-state index contributed by atoms with van der Waals surface area (Å²) < 4.78 is 6.11. The van der Waals surface area contributed by atoms with Crippen LogP contribution in [0.4, 0.5) is 0 Å². The van der Waals surface area contributed by atoms with Crippen LogP contribution in [0.3, 0.4) is 0 Å². The van der Waals surface area contributed by atoms with Crippen molar-refractivity contribution in [3.05, 3.63) is 35.9 Å². The molecule has 0 aliphatic heterocycles. The highest BCUT2D eigenvalue weighted by Gasteiger charge is 2.21. The molecule has 0 saturated carbocycles. The van der Waals surface area contributed by atoms with E-state index in [9.17, 15) is 0 Å². The maximum atomic E-state index is 6.11. The Morgan fingerprint density at radius 3 is 2.26 bits per heavy atom. The van der Waals surface area contributed by atoms with E-state index in [1.165, 1.54) is 5.56 Å². The van der Waals surface area contributed by atoms with Crippen LogP contribution in [0, 0.1) is 5.41 Å². The lowest BCUT2D eigenvalue weighted by atomic mass is 9.93. The van der Waals surface area contributed by atoms with Crippen molar-refractivity contribution in [1.82, 2.24) is 5.32 Å². The fourth-order valence-electron chi connectivity index (χ4n) is 2.19. The Morgan fingerprint density at radius 2 is 1.79 bits per heavy atom. The zero-order valence-electron chi connectivity index (χ0n) is 13.1. The van der Waals surface area contributed by atoms with Gasteiger partial charge in [-0.25, -0.2) is 0 Å². The van der Waals surface area contributed by atoms with E-state index in [4.69, 9.17) is 4.74 Å². The lowest BCUT2D eigenvalue weighted by molar-refractivity contribution is 0.0127. The number of likely N-dealkylation sites (N-methyl/N-ethyl adjacent to an activating group) is 1. The summed E-state index contributed by atoms with van der Waals surface area (Å²) in [6.07, 6.45) is 2.34. The minimum Gasteiger partial charge on any atom is -0.376 e. The molecule has 1 N–H and O–H groups in total. The van der Waals surface area contributed by atoms with Crippen LogP contribution in [0.15, 0.2) is 30.3 Å². The molecule has 2 unspecified atom stereocenters. The van der Waals surface area contributed by atoms with Gasteiger partial charge in [-0.3, -0.25) is 0 Å². The highest BCUT2D eigenvalue weighted by Crippen LogP contribution is 2.23. The van der Waals surface area contributed by atoms with Gasteiger partial charge in [0, 0.05) is 6.61 Å². The normalized spacial score (nSPS) is 15.2. The molecular formula is C17H29NO. The number of rotatable bonds is 7. The average Bonchev–Trinajstić information content (AvgIpc) is 2.37. The molecule has 0 amide bonds. The molecule has 0 saturated heterocycles. The van der Waals surface area contributed by atoms with E-state index >= 15 is 0 Å². The first-order valence-corrected chi connectivity index (χ1v) is 7.31. The van der Waals surface area contributed by atoms with Gasteiger partial charge < -0.3 is 10.1 Å². The monoisotopic (exact) mass is 263 g/mol. The van der Waals surface area contributed by atoms with Gasteiger partial charge in [-0.15, -0.1) is 0 Å². The Morgan fingerprint density at radius 1 is 1.16 bits per heavy atom. The highest BCUT2D eigenvalue weighted by atomic mass is 16.5. The summed E-state index contributed by atoms with van der Waals surface area (Å²) >= 11 is 0. The molecule has 0 bridgehead atoms. The van der Waals surface area contributed by atoms with Crippen molar-refractivity contribution >= 4 is 0 Å². The van der Waals surface area contributed by atoms with E-state index in [2.05, 4.69) is 63.3 Å². The van der Waals surface area contributed by atoms with Crippen molar-refractivity contribution in [2.75, 3.05) is 13.7 Å². The summed E-state index contributed by atoms with van der Waals surface area (Å²) in [4.78, 5) is 0. The van der Waals surface area contributed by atoms with Crippen molar-refractivity contribution < 1.29 is 4.74 Å². The molecule has 0 aromatic heterocycles. The van der Waals surface area contributed by atoms with Crippen LogP contribution in [-0.4, -0.2) is 19.8 Å². The van der Waals surface area contributed by atoms with E-state index in [1.54, 1.807) is 0 Å². The molecule has 0 spiro atoms. The van der Waals surface area contributed by atoms with Crippen molar-refractivity contribution in [2.24, 2.45) is 5.41 Å². The van der Waals surface area contributed by atoms with Gasteiger partial charge in [-0.2, -0.15) is 0 Å². The summed E-state index contributed by atoms with van der Waals surface area (Å²) in [5.41, 5.74) is 1.63. The van der Waals surface area contributed by atoms with Crippen LogP contribution in [0.25, 0.3) is 0 Å². The highest BCUT2D eigenvalue weighted by molar-refractivity contribution is 5.20. The van der Waals surface area contributed by atoms with E-state index in [1.807, 2.05) is 7.05 Å². The third kappa shape index (κ3) is 5.75. The van der Waals surface area contributed by atoms with Gasteiger partial charge in [0.25, 0.3) is 0 Å². The largest absolute Gasteiger partial charge is 0.376 e. The first-order valence-electron chi connectivity index (χ1n) is 7.31. The summed E-state index contributed by atoms with van der Waals surface area (Å²) in [6.45, 7) is 9.78. The fraction of sp³-hybridized carbons (Fsp3) is 0.647. The summed E-state index contributed by atoms with van der Waals surface area (Å²) in [5.74, 6) is 0. The second-order valence-electron chi connectivity index (χ2n) is 6.31. The van der Waals surface area contributed by atoms with E-state index in [0.717, 1.165) is 19.4 Å². The molecule has 0 aliphatic carbocycles. The molecule has 2 heteroatoms. The summed E-state index contributed by atoms with van der Waals surface area (Å²) in [6, 6.07) is 10.8. The Bertz CT molecular complexity index is 342. The number of hydrogen-bond donors (Lipinski definition) is 1. The first-order chi connectivity index (χ1) is 8.98. The molecule has 0 aliphatic rings. The van der Waals surface area contributed by atoms with E-state index < -0.39 is 0 Å².